The molecular weight excluding hydrogens is 160 g/mol. The number of aryl methyl sites for hydroxylation is 1. The maximum absolute atomic E-state index is 5.35. The van der Waals surface area contributed by atoms with Crippen molar-refractivity contribution in [3.8, 4) is 0 Å². The van der Waals surface area contributed by atoms with Crippen molar-refractivity contribution in [2.45, 2.75) is 33.8 Å². The Hall–Kier alpha value is -0.820. The molecule has 0 aromatic heterocycles. The van der Waals surface area contributed by atoms with Gasteiger partial charge in [-0.15, -0.1) is 0 Å². The van der Waals surface area contributed by atoms with Crippen molar-refractivity contribution in [1.82, 2.24) is 0 Å². The summed E-state index contributed by atoms with van der Waals surface area (Å²) in [6.45, 7) is 7.81. The molecule has 0 fully saturated rings. The van der Waals surface area contributed by atoms with Crippen molar-refractivity contribution in [2.75, 3.05) is 6.61 Å². The molecule has 1 aromatic rings. The highest BCUT2D eigenvalue weighted by Gasteiger charge is 2.07. The normalized spacial score (nSPS) is 14.1. The fourth-order valence-corrected chi connectivity index (χ4v) is 1.50. The van der Waals surface area contributed by atoms with Crippen LogP contribution in [0.25, 0.3) is 0 Å². The summed E-state index contributed by atoms with van der Waals surface area (Å²) in [4.78, 5) is 0. The van der Waals surface area contributed by atoms with Crippen LogP contribution in [0.4, 0.5) is 0 Å². The van der Waals surface area contributed by atoms with E-state index in [-0.39, 0.29) is 0 Å². The number of benzene rings is 1. The van der Waals surface area contributed by atoms with Gasteiger partial charge in [-0.2, -0.15) is 0 Å². The van der Waals surface area contributed by atoms with Crippen molar-refractivity contribution < 1.29 is 4.74 Å². The minimum Gasteiger partial charge on any atom is -0.376 e. The van der Waals surface area contributed by atoms with Crippen LogP contribution in [0.3, 0.4) is 0 Å². The lowest BCUT2D eigenvalue weighted by molar-refractivity contribution is 0.110. The average Bonchev–Trinajstić information content (AvgIpc) is 2.21. The highest BCUT2D eigenvalue weighted by molar-refractivity contribution is 5.32. The first kappa shape index (κ1) is 10.3. The lowest BCUT2D eigenvalue weighted by atomic mass is 10.0. The molecule has 0 radical (unpaired) electrons. The fourth-order valence-electron chi connectivity index (χ4n) is 1.50. The van der Waals surface area contributed by atoms with Crippen LogP contribution < -0.4 is 0 Å². The first-order valence-electron chi connectivity index (χ1n) is 5.02. The van der Waals surface area contributed by atoms with Crippen LogP contribution in [0.1, 0.15) is 30.5 Å². The first-order valence-corrected chi connectivity index (χ1v) is 5.02. The van der Waals surface area contributed by atoms with Crippen LogP contribution >= 0.6 is 0 Å². The minimum atomic E-state index is 0.803. The Balaban J connectivity index is 0.000000396. The Morgan fingerprint density at radius 2 is 1.92 bits per heavy atom. The molecule has 1 nitrogen and oxygen atoms in total. The van der Waals surface area contributed by atoms with E-state index >= 15 is 0 Å². The van der Waals surface area contributed by atoms with Gasteiger partial charge in [-0.3, -0.25) is 0 Å². The lowest BCUT2D eigenvalue weighted by Crippen LogP contribution is -2.09. The van der Waals surface area contributed by atoms with Gasteiger partial charge in [0.05, 0.1) is 13.2 Å². The molecule has 0 spiro atoms. The van der Waals surface area contributed by atoms with E-state index in [4.69, 9.17) is 4.74 Å². The van der Waals surface area contributed by atoms with Gasteiger partial charge in [-0.25, -0.2) is 0 Å². The fraction of sp³-hybridized carbons (Fsp3) is 0.500. The van der Waals surface area contributed by atoms with E-state index in [0.717, 1.165) is 19.6 Å². The molecule has 0 unspecified atom stereocenters. The first-order chi connectivity index (χ1) is 6.36. The maximum atomic E-state index is 5.35. The molecule has 13 heavy (non-hydrogen) atoms. The summed E-state index contributed by atoms with van der Waals surface area (Å²) < 4.78 is 5.35. The van der Waals surface area contributed by atoms with Gasteiger partial charge in [-0.1, -0.05) is 37.6 Å². The summed E-state index contributed by atoms with van der Waals surface area (Å²) in [7, 11) is 0. The predicted octanol–water partition coefficient (Wildman–Crippen LogP) is 3.09. The van der Waals surface area contributed by atoms with Gasteiger partial charge in [0.25, 0.3) is 0 Å². The molecule has 0 bridgehead atoms. The summed E-state index contributed by atoms with van der Waals surface area (Å²) >= 11 is 0. The second kappa shape index (κ2) is 5.03. The van der Waals surface area contributed by atoms with Gasteiger partial charge in [0.1, 0.15) is 0 Å². The summed E-state index contributed by atoms with van der Waals surface area (Å²) in [5, 5.41) is 0. The topological polar surface area (TPSA) is 9.23 Å². The van der Waals surface area contributed by atoms with Gasteiger partial charge in [0.2, 0.25) is 0 Å². The Bertz CT molecular complexity index is 266. The SMILES string of the molecule is CC.Cc1ccc2c(c1)COCC2. The highest BCUT2D eigenvalue weighted by atomic mass is 16.5. The van der Waals surface area contributed by atoms with Crippen molar-refractivity contribution >= 4 is 0 Å². The number of hydrogen-bond acceptors (Lipinski definition) is 1. The van der Waals surface area contributed by atoms with E-state index in [2.05, 4.69) is 25.1 Å². The number of fused-ring (bicyclic) bond motifs is 1. The van der Waals surface area contributed by atoms with Crippen molar-refractivity contribution in [3.05, 3.63) is 34.9 Å². The molecule has 1 aliphatic rings. The average molecular weight is 178 g/mol. The molecule has 1 heterocycles. The molecule has 72 valence electrons. The van der Waals surface area contributed by atoms with Gasteiger partial charge in [-0.05, 0) is 24.5 Å². The Kier molecular flexibility index (Phi) is 3.97. The van der Waals surface area contributed by atoms with Crippen molar-refractivity contribution in [3.63, 3.8) is 0 Å². The largest absolute Gasteiger partial charge is 0.376 e. The molecule has 0 N–H and O–H groups in total. The molecule has 0 saturated carbocycles. The van der Waals surface area contributed by atoms with Crippen LogP contribution in [-0.4, -0.2) is 6.61 Å². The second-order valence-corrected chi connectivity index (χ2v) is 3.07. The van der Waals surface area contributed by atoms with E-state index in [1.807, 2.05) is 13.8 Å². The zero-order chi connectivity index (χ0) is 9.68. The van der Waals surface area contributed by atoms with Gasteiger partial charge < -0.3 is 4.74 Å². The van der Waals surface area contributed by atoms with E-state index in [0.29, 0.717) is 0 Å². The van der Waals surface area contributed by atoms with E-state index in [1.165, 1.54) is 16.7 Å². The van der Waals surface area contributed by atoms with E-state index in [1.54, 1.807) is 0 Å². The summed E-state index contributed by atoms with van der Waals surface area (Å²) in [6, 6.07) is 6.60. The molecule has 0 aliphatic carbocycles. The maximum Gasteiger partial charge on any atom is 0.0719 e. The quantitative estimate of drug-likeness (QED) is 0.593. The molecule has 2 rings (SSSR count). The van der Waals surface area contributed by atoms with Gasteiger partial charge >= 0.3 is 0 Å². The molecule has 0 atom stereocenters. The monoisotopic (exact) mass is 178 g/mol. The Labute approximate surface area is 80.7 Å². The summed E-state index contributed by atoms with van der Waals surface area (Å²) in [6.07, 6.45) is 1.08. The van der Waals surface area contributed by atoms with Crippen LogP contribution in [0, 0.1) is 6.92 Å². The predicted molar refractivity (Wildman–Crippen MR) is 55.9 cm³/mol. The Morgan fingerprint density at radius 1 is 1.15 bits per heavy atom. The third-order valence-electron chi connectivity index (χ3n) is 2.14. The van der Waals surface area contributed by atoms with E-state index in [9.17, 15) is 0 Å². The third-order valence-corrected chi connectivity index (χ3v) is 2.14. The molecule has 1 heteroatoms. The minimum absolute atomic E-state index is 0.803. The second-order valence-electron chi connectivity index (χ2n) is 3.07. The van der Waals surface area contributed by atoms with Crippen LogP contribution in [0.5, 0.6) is 0 Å². The number of hydrogen-bond donors (Lipinski definition) is 0. The zero-order valence-electron chi connectivity index (χ0n) is 8.76. The molecule has 1 aliphatic heterocycles. The lowest BCUT2D eigenvalue weighted by Gasteiger charge is -2.16. The summed E-state index contributed by atoms with van der Waals surface area (Å²) in [5.74, 6) is 0. The molecule has 0 amide bonds. The third kappa shape index (κ3) is 2.56. The smallest absolute Gasteiger partial charge is 0.0719 e. The Morgan fingerprint density at radius 3 is 2.69 bits per heavy atom. The number of ether oxygens (including phenoxy) is 1. The molecular formula is C12H18O. The zero-order valence-corrected chi connectivity index (χ0v) is 8.76. The van der Waals surface area contributed by atoms with Crippen molar-refractivity contribution in [2.24, 2.45) is 0 Å². The van der Waals surface area contributed by atoms with Crippen LogP contribution in [0.15, 0.2) is 18.2 Å². The summed E-state index contributed by atoms with van der Waals surface area (Å²) in [5.41, 5.74) is 4.16. The van der Waals surface area contributed by atoms with Crippen molar-refractivity contribution in [1.29, 1.82) is 0 Å². The van der Waals surface area contributed by atoms with Gasteiger partial charge in [0.15, 0.2) is 0 Å². The standard InChI is InChI=1S/C10H12O.C2H6/c1-8-2-3-9-4-5-11-7-10(9)6-8;1-2/h2-3,6H,4-5,7H2,1H3;1-2H3. The molecule has 0 saturated heterocycles. The van der Waals surface area contributed by atoms with Crippen LogP contribution in [-0.2, 0) is 17.8 Å². The van der Waals surface area contributed by atoms with Crippen LogP contribution in [0.2, 0.25) is 0 Å². The number of rotatable bonds is 0. The van der Waals surface area contributed by atoms with Gasteiger partial charge in [0, 0.05) is 0 Å². The highest BCUT2D eigenvalue weighted by Crippen LogP contribution is 2.17. The molecule has 1 aromatic carbocycles. The van der Waals surface area contributed by atoms with E-state index < -0.39 is 0 Å².